The van der Waals surface area contributed by atoms with Crippen LogP contribution in [-0.4, -0.2) is 19.1 Å². The fraction of sp³-hybridized carbons (Fsp3) is 0.190. The van der Waals surface area contributed by atoms with Crippen LogP contribution in [0.15, 0.2) is 122 Å². The van der Waals surface area contributed by atoms with E-state index >= 15 is 0 Å². The Morgan fingerprint density at radius 3 is 1.80 bits per heavy atom. The smallest absolute Gasteiger partial charge is 0.142 e. The van der Waals surface area contributed by atoms with E-state index in [1.54, 1.807) is 6.33 Å². The van der Waals surface area contributed by atoms with Crippen molar-refractivity contribution in [2.75, 3.05) is 0 Å². The second-order valence-corrected chi connectivity index (χ2v) is 14.5. The van der Waals surface area contributed by atoms with Crippen LogP contribution < -0.4 is 0 Å². The van der Waals surface area contributed by atoms with Gasteiger partial charge in [0.15, 0.2) is 0 Å². The minimum absolute atomic E-state index is 0.00738. The summed E-state index contributed by atoms with van der Waals surface area (Å²) in [7, 11) is 0. The van der Waals surface area contributed by atoms with Crippen molar-refractivity contribution in [3.05, 3.63) is 133 Å². The Balaban J connectivity index is 1.53. The van der Waals surface area contributed by atoms with Crippen molar-refractivity contribution in [1.82, 2.24) is 19.1 Å². The fourth-order valence-corrected chi connectivity index (χ4v) is 6.87. The first kappa shape index (κ1) is 28.3. The minimum atomic E-state index is 0.00738. The number of para-hydroxylation sites is 1. The molecule has 5 aromatic carbocycles. The highest BCUT2D eigenvalue weighted by atomic mass is 15.2. The van der Waals surface area contributed by atoms with Crippen LogP contribution in [0.1, 0.15) is 52.7 Å². The van der Waals surface area contributed by atoms with Crippen LogP contribution in [0.25, 0.3) is 66.4 Å². The Bertz CT molecular complexity index is 2420. The molecule has 8 rings (SSSR count). The van der Waals surface area contributed by atoms with Gasteiger partial charge in [-0.2, -0.15) is 0 Å². The summed E-state index contributed by atoms with van der Waals surface area (Å²) in [6.07, 6.45) is 1.71. The molecule has 0 aliphatic rings. The van der Waals surface area contributed by atoms with Crippen LogP contribution in [0.2, 0.25) is 0 Å². The van der Waals surface area contributed by atoms with Crippen molar-refractivity contribution in [2.24, 2.45) is 0 Å². The highest BCUT2D eigenvalue weighted by molar-refractivity contribution is 6.22. The Morgan fingerprint density at radius 2 is 1.13 bits per heavy atom. The third-order valence-electron chi connectivity index (χ3n) is 9.35. The number of aromatic nitrogens is 4. The topological polar surface area (TPSA) is 35.6 Å². The van der Waals surface area contributed by atoms with E-state index in [4.69, 9.17) is 9.97 Å². The average molecular weight is 599 g/mol. The lowest BCUT2D eigenvalue weighted by atomic mass is 9.85. The molecule has 0 aliphatic carbocycles. The average Bonchev–Trinajstić information content (AvgIpc) is 3.56. The van der Waals surface area contributed by atoms with E-state index in [-0.39, 0.29) is 10.8 Å². The van der Waals surface area contributed by atoms with E-state index in [1.807, 2.05) is 0 Å². The molecule has 0 aliphatic heterocycles. The first-order valence-corrected chi connectivity index (χ1v) is 16.1. The summed E-state index contributed by atoms with van der Waals surface area (Å²) in [5.41, 5.74) is 9.20. The predicted octanol–water partition coefficient (Wildman–Crippen LogP) is 10.9. The van der Waals surface area contributed by atoms with E-state index in [2.05, 4.69) is 166 Å². The van der Waals surface area contributed by atoms with Gasteiger partial charge in [-0.15, -0.1) is 0 Å². The summed E-state index contributed by atoms with van der Waals surface area (Å²) < 4.78 is 4.75. The molecule has 4 nitrogen and oxygen atoms in total. The van der Waals surface area contributed by atoms with Gasteiger partial charge in [0, 0.05) is 33.5 Å². The van der Waals surface area contributed by atoms with Crippen LogP contribution in [0.4, 0.5) is 0 Å². The Labute approximate surface area is 270 Å². The van der Waals surface area contributed by atoms with Gasteiger partial charge in [0.05, 0.1) is 16.7 Å². The number of hydrogen-bond acceptors (Lipinski definition) is 2. The van der Waals surface area contributed by atoms with Crippen molar-refractivity contribution in [1.29, 1.82) is 0 Å². The lowest BCUT2D eigenvalue weighted by Gasteiger charge is -2.20. The predicted molar refractivity (Wildman–Crippen MR) is 194 cm³/mol. The zero-order valence-corrected chi connectivity index (χ0v) is 27.3. The Hall–Kier alpha value is -5.22. The summed E-state index contributed by atoms with van der Waals surface area (Å²) in [5, 5.41) is 6.11. The number of fused-ring (bicyclic) bond motifs is 6. The SMILES string of the molecule is CC(C)(C)c1ccc2c(c1)c1c3cc(C(C)(C)C)ccc3n(-c3cc(-c4cccc5ccccc45)ncn3)c1n2-c1ccccc1. The molecule has 0 spiro atoms. The van der Waals surface area contributed by atoms with Gasteiger partial charge in [-0.1, -0.05) is 114 Å². The molecule has 4 heteroatoms. The van der Waals surface area contributed by atoms with Crippen molar-refractivity contribution in [3.8, 4) is 22.8 Å². The van der Waals surface area contributed by atoms with Gasteiger partial charge >= 0.3 is 0 Å². The molecule has 226 valence electrons. The second-order valence-electron chi connectivity index (χ2n) is 14.5. The molecule has 46 heavy (non-hydrogen) atoms. The molecule has 0 radical (unpaired) electrons. The van der Waals surface area contributed by atoms with Gasteiger partial charge in [0.1, 0.15) is 17.8 Å². The van der Waals surface area contributed by atoms with Crippen molar-refractivity contribution >= 4 is 43.6 Å². The number of nitrogens with zero attached hydrogens (tertiary/aromatic N) is 4. The van der Waals surface area contributed by atoms with E-state index in [0.717, 1.165) is 33.9 Å². The third-order valence-corrected chi connectivity index (χ3v) is 9.35. The summed E-state index contributed by atoms with van der Waals surface area (Å²) >= 11 is 0. The molecule has 3 aromatic heterocycles. The summed E-state index contributed by atoms with van der Waals surface area (Å²) in [5.74, 6) is 0.845. The van der Waals surface area contributed by atoms with Crippen LogP contribution in [-0.2, 0) is 10.8 Å². The summed E-state index contributed by atoms with van der Waals surface area (Å²) in [4.78, 5) is 9.77. The lowest BCUT2D eigenvalue weighted by Crippen LogP contribution is -2.11. The van der Waals surface area contributed by atoms with Crippen LogP contribution in [0.5, 0.6) is 0 Å². The van der Waals surface area contributed by atoms with E-state index in [0.29, 0.717) is 0 Å². The standard InChI is InChI=1S/C42H38N4/c1-41(2,3)28-19-21-36-33(23-28)39-34-24-29(42(4,5)6)20-22-37(34)46(40(39)45(36)30-15-8-7-9-16-30)38-25-35(43-26-44-38)32-18-12-14-27-13-10-11-17-31(27)32/h7-26H,1-6H3. The first-order chi connectivity index (χ1) is 22.1. The Kier molecular flexibility index (Phi) is 6.24. The first-order valence-electron chi connectivity index (χ1n) is 16.1. The molecular weight excluding hydrogens is 560 g/mol. The number of rotatable bonds is 3. The number of hydrogen-bond donors (Lipinski definition) is 0. The quantitative estimate of drug-likeness (QED) is 0.203. The molecule has 0 atom stereocenters. The van der Waals surface area contributed by atoms with E-state index in [9.17, 15) is 0 Å². The van der Waals surface area contributed by atoms with Crippen molar-refractivity contribution in [3.63, 3.8) is 0 Å². The van der Waals surface area contributed by atoms with Crippen molar-refractivity contribution in [2.45, 2.75) is 52.4 Å². The maximum Gasteiger partial charge on any atom is 0.142 e. The number of benzene rings is 5. The van der Waals surface area contributed by atoms with Gasteiger partial charge in [0.25, 0.3) is 0 Å². The molecule has 0 amide bonds. The largest absolute Gasteiger partial charge is 0.295 e. The highest BCUT2D eigenvalue weighted by Gasteiger charge is 2.26. The normalized spacial score (nSPS) is 12.6. The second kappa shape index (κ2) is 10.1. The molecule has 0 N–H and O–H groups in total. The highest BCUT2D eigenvalue weighted by Crippen LogP contribution is 2.43. The summed E-state index contributed by atoms with van der Waals surface area (Å²) in [6.45, 7) is 13.7. The Morgan fingerprint density at radius 1 is 0.522 bits per heavy atom. The minimum Gasteiger partial charge on any atom is -0.295 e. The summed E-state index contributed by atoms with van der Waals surface area (Å²) in [6, 6.07) is 41.7. The lowest BCUT2D eigenvalue weighted by molar-refractivity contribution is 0.591. The fourth-order valence-electron chi connectivity index (χ4n) is 6.87. The van der Waals surface area contributed by atoms with E-state index in [1.165, 1.54) is 43.6 Å². The van der Waals surface area contributed by atoms with Gasteiger partial charge in [-0.05, 0) is 69.1 Å². The molecular formula is C42H38N4. The van der Waals surface area contributed by atoms with Gasteiger partial charge < -0.3 is 0 Å². The zero-order valence-electron chi connectivity index (χ0n) is 27.3. The molecule has 0 bridgehead atoms. The van der Waals surface area contributed by atoms with Crippen LogP contribution in [0, 0.1) is 0 Å². The monoisotopic (exact) mass is 598 g/mol. The molecule has 0 unspecified atom stereocenters. The molecule has 8 aromatic rings. The van der Waals surface area contributed by atoms with Gasteiger partial charge in [-0.3, -0.25) is 9.13 Å². The zero-order chi connectivity index (χ0) is 31.8. The van der Waals surface area contributed by atoms with Crippen LogP contribution >= 0.6 is 0 Å². The third kappa shape index (κ3) is 4.43. The molecule has 3 heterocycles. The molecule has 0 fully saturated rings. The maximum absolute atomic E-state index is 4.96. The maximum atomic E-state index is 4.96. The van der Waals surface area contributed by atoms with Gasteiger partial charge in [-0.25, -0.2) is 9.97 Å². The van der Waals surface area contributed by atoms with Gasteiger partial charge in [0.2, 0.25) is 0 Å². The van der Waals surface area contributed by atoms with E-state index < -0.39 is 0 Å². The molecule has 0 saturated carbocycles. The van der Waals surface area contributed by atoms with Crippen LogP contribution in [0.3, 0.4) is 0 Å². The molecule has 0 saturated heterocycles. The van der Waals surface area contributed by atoms with Crippen molar-refractivity contribution < 1.29 is 0 Å².